The van der Waals surface area contributed by atoms with E-state index in [1.807, 2.05) is 0 Å². The number of hydrogen-bond donors (Lipinski definition) is 0. The van der Waals surface area contributed by atoms with E-state index in [2.05, 4.69) is 9.47 Å². The van der Waals surface area contributed by atoms with Crippen molar-refractivity contribution in [2.24, 2.45) is 0 Å². The maximum absolute atomic E-state index is 12.4. The Morgan fingerprint density at radius 2 is 1.53 bits per heavy atom. The van der Waals surface area contributed by atoms with Crippen molar-refractivity contribution in [2.75, 3.05) is 6.86 Å². The van der Waals surface area contributed by atoms with E-state index in [-0.39, 0.29) is 6.42 Å². The van der Waals surface area contributed by atoms with Crippen LogP contribution in [0.15, 0.2) is 0 Å². The lowest BCUT2D eigenvalue weighted by atomic mass is 10.2. The van der Waals surface area contributed by atoms with Gasteiger partial charge in [0.05, 0.1) is 0 Å². The summed E-state index contributed by atoms with van der Waals surface area (Å²) in [5.74, 6) is -2.31. The molecule has 0 radical (unpaired) electrons. The first-order chi connectivity index (χ1) is 6.58. The first-order valence-corrected chi connectivity index (χ1v) is 3.92. The number of halogens is 6. The smallest absolute Gasteiger partial charge is 0.319 e. The summed E-state index contributed by atoms with van der Waals surface area (Å²) < 4.78 is 79.1. The Labute approximate surface area is 82.1 Å². The highest BCUT2D eigenvalue weighted by molar-refractivity contribution is 4.70. The fourth-order valence-electron chi connectivity index (χ4n) is 0.648. The lowest BCUT2D eigenvalue weighted by molar-refractivity contribution is -0.449. The average molecular weight is 240 g/mol. The summed E-state index contributed by atoms with van der Waals surface area (Å²) in [6.45, 7) is 0.507. The Bertz CT molecular complexity index is 204. The highest BCUT2D eigenvalue weighted by Crippen LogP contribution is 2.40. The number of hydrogen-bond acceptors (Lipinski definition) is 2. The molecule has 0 aliphatic carbocycles. The van der Waals surface area contributed by atoms with Crippen LogP contribution in [-0.2, 0) is 9.47 Å². The van der Waals surface area contributed by atoms with Crippen molar-refractivity contribution < 1.29 is 35.8 Å². The van der Waals surface area contributed by atoms with E-state index in [1.54, 1.807) is 0 Å². The monoisotopic (exact) mass is 240 g/mol. The highest BCUT2D eigenvalue weighted by atomic mass is 19.4. The first kappa shape index (κ1) is 14.5. The minimum Gasteiger partial charge on any atom is -0.319 e. The minimum atomic E-state index is -5.86. The van der Waals surface area contributed by atoms with Crippen LogP contribution in [0.25, 0.3) is 0 Å². The summed E-state index contributed by atoms with van der Waals surface area (Å²) in [7, 11) is 0. The van der Waals surface area contributed by atoms with E-state index in [4.69, 9.17) is 0 Å². The van der Waals surface area contributed by atoms with Gasteiger partial charge in [-0.05, 0) is 13.3 Å². The third-order valence-corrected chi connectivity index (χ3v) is 1.68. The zero-order valence-corrected chi connectivity index (χ0v) is 8.00. The molecule has 1 atom stereocenters. The van der Waals surface area contributed by atoms with Crippen LogP contribution in [0, 0.1) is 0 Å². The van der Waals surface area contributed by atoms with Gasteiger partial charge in [0, 0.05) is 0 Å². The largest absolute Gasteiger partial charge is 0.483 e. The molecule has 2 nitrogen and oxygen atoms in total. The number of ether oxygens (including phenoxy) is 2. The second-order valence-corrected chi connectivity index (χ2v) is 2.86. The van der Waals surface area contributed by atoms with Crippen molar-refractivity contribution in [3.05, 3.63) is 0 Å². The Balaban J connectivity index is 4.68. The van der Waals surface area contributed by atoms with Gasteiger partial charge in [-0.2, -0.15) is 22.0 Å². The molecule has 0 rings (SSSR count). The van der Waals surface area contributed by atoms with Crippen LogP contribution in [-0.4, -0.2) is 24.9 Å². The molecule has 0 aliphatic rings. The fraction of sp³-hybridized carbons (Fsp3) is 1.00. The molecule has 92 valence electrons. The number of alkyl halides is 6. The molecular weight excluding hydrogens is 230 g/mol. The molecule has 0 aliphatic heterocycles. The van der Waals surface area contributed by atoms with Gasteiger partial charge in [-0.1, -0.05) is 6.92 Å². The maximum atomic E-state index is 12.4. The molecule has 0 spiro atoms. The molecule has 0 aromatic rings. The third-order valence-electron chi connectivity index (χ3n) is 1.68. The molecule has 0 fully saturated rings. The van der Waals surface area contributed by atoms with Crippen molar-refractivity contribution in [2.45, 2.75) is 38.3 Å². The summed E-state index contributed by atoms with van der Waals surface area (Å²) >= 11 is 0. The van der Waals surface area contributed by atoms with Crippen molar-refractivity contribution in [1.82, 2.24) is 0 Å². The van der Waals surface area contributed by atoms with Crippen LogP contribution in [0.4, 0.5) is 26.3 Å². The van der Waals surface area contributed by atoms with Crippen LogP contribution in [0.3, 0.4) is 0 Å². The van der Waals surface area contributed by atoms with Gasteiger partial charge in [-0.15, -0.1) is 0 Å². The zero-order chi connectivity index (χ0) is 12.3. The zero-order valence-electron chi connectivity index (χ0n) is 8.00. The molecule has 0 N–H and O–H groups in total. The topological polar surface area (TPSA) is 18.5 Å². The van der Waals surface area contributed by atoms with Crippen LogP contribution in [0.2, 0.25) is 0 Å². The lowest BCUT2D eigenvalue weighted by Crippen LogP contribution is -2.47. The van der Waals surface area contributed by atoms with Crippen LogP contribution in [0.5, 0.6) is 0 Å². The second-order valence-electron chi connectivity index (χ2n) is 2.86. The van der Waals surface area contributed by atoms with Gasteiger partial charge in [0.25, 0.3) is 0 Å². The third kappa shape index (κ3) is 3.86. The van der Waals surface area contributed by atoms with Crippen LogP contribution >= 0.6 is 0 Å². The molecule has 0 saturated heterocycles. The summed E-state index contributed by atoms with van der Waals surface area (Å²) in [6, 6.07) is 0. The summed E-state index contributed by atoms with van der Waals surface area (Å²) in [4.78, 5) is 0. The maximum Gasteiger partial charge on any atom is 0.483 e. The van der Waals surface area contributed by atoms with Gasteiger partial charge in [-0.3, -0.25) is 4.74 Å². The minimum absolute atomic E-state index is 0.359. The van der Waals surface area contributed by atoms with Crippen LogP contribution < -0.4 is 0 Å². The predicted molar refractivity (Wildman–Crippen MR) is 37.8 cm³/mol. The Hall–Kier alpha value is -0.500. The van der Waals surface area contributed by atoms with Gasteiger partial charge in [0.15, 0.2) is 12.6 Å². The Morgan fingerprint density at radius 1 is 1.07 bits per heavy atom. The van der Waals surface area contributed by atoms with Gasteiger partial charge >= 0.3 is 12.3 Å². The molecular formula is C7H10F6O2. The Kier molecular flexibility index (Phi) is 4.41. The second kappa shape index (κ2) is 4.56. The first-order valence-electron chi connectivity index (χ1n) is 3.92. The molecule has 0 amide bonds. The van der Waals surface area contributed by atoms with Gasteiger partial charge < -0.3 is 4.74 Å². The molecule has 0 aromatic heterocycles. The normalized spacial score (nSPS) is 17.6. The quantitative estimate of drug-likeness (QED) is 0.542. The van der Waals surface area contributed by atoms with Crippen LogP contribution in [0.1, 0.15) is 20.3 Å². The lowest BCUT2D eigenvalue weighted by Gasteiger charge is -2.32. The van der Waals surface area contributed by atoms with E-state index in [9.17, 15) is 26.3 Å². The van der Waals surface area contributed by atoms with E-state index < -0.39 is 24.9 Å². The summed E-state index contributed by atoms with van der Waals surface area (Å²) in [5.41, 5.74) is 0. The summed E-state index contributed by atoms with van der Waals surface area (Å²) in [6.07, 6.45) is -11.6. The number of rotatable bonds is 5. The molecule has 0 aromatic carbocycles. The molecule has 15 heavy (non-hydrogen) atoms. The van der Waals surface area contributed by atoms with Crippen molar-refractivity contribution >= 4 is 0 Å². The molecule has 0 bridgehead atoms. The van der Waals surface area contributed by atoms with E-state index in [1.165, 1.54) is 6.92 Å². The van der Waals surface area contributed by atoms with Crippen molar-refractivity contribution in [1.29, 1.82) is 0 Å². The van der Waals surface area contributed by atoms with E-state index >= 15 is 0 Å². The summed E-state index contributed by atoms with van der Waals surface area (Å²) in [5, 5.41) is 0. The van der Waals surface area contributed by atoms with Crippen molar-refractivity contribution in [3.63, 3.8) is 0 Å². The standard InChI is InChI=1S/C7H10F6O2/c1-3-5(2,14-4-8)15-7(12,13)6(9,10)11/h3-4H2,1-2H3. The molecule has 1 unspecified atom stereocenters. The SMILES string of the molecule is CCC(C)(OCF)OC(F)(F)C(F)(F)F. The highest BCUT2D eigenvalue weighted by Gasteiger charge is 2.62. The molecule has 8 heteroatoms. The van der Waals surface area contributed by atoms with Gasteiger partial charge in [0.1, 0.15) is 0 Å². The van der Waals surface area contributed by atoms with Gasteiger partial charge in [-0.25, -0.2) is 4.39 Å². The van der Waals surface area contributed by atoms with Crippen molar-refractivity contribution in [3.8, 4) is 0 Å². The van der Waals surface area contributed by atoms with Gasteiger partial charge in [0.2, 0.25) is 0 Å². The molecule has 0 saturated carbocycles. The predicted octanol–water partition coefficient (Wildman–Crippen LogP) is 3.23. The van der Waals surface area contributed by atoms with E-state index in [0.29, 0.717) is 0 Å². The molecule has 0 heterocycles. The van der Waals surface area contributed by atoms with E-state index in [0.717, 1.165) is 6.92 Å². The Morgan fingerprint density at radius 3 is 1.80 bits per heavy atom. The fourth-order valence-corrected chi connectivity index (χ4v) is 0.648. The average Bonchev–Trinajstić information content (AvgIpc) is 2.01.